The van der Waals surface area contributed by atoms with Crippen LogP contribution in [-0.4, -0.2) is 35.0 Å². The average molecular weight is 266 g/mol. The van der Waals surface area contributed by atoms with E-state index in [1.165, 1.54) is 24.2 Å². The lowest BCUT2D eigenvalue weighted by molar-refractivity contribution is -0.134. The van der Waals surface area contributed by atoms with E-state index in [1.54, 1.807) is 6.20 Å². The quantitative estimate of drug-likeness (QED) is 0.843. The first-order chi connectivity index (χ1) is 8.83. The second-order valence-corrected chi connectivity index (χ2v) is 5.95. The smallest absolute Gasteiger partial charge is 0.273 e. The summed E-state index contributed by atoms with van der Waals surface area (Å²) < 4.78 is 5.77. The minimum Gasteiger partial charge on any atom is -0.465 e. The van der Waals surface area contributed by atoms with Gasteiger partial charge in [0, 0.05) is 30.5 Å². The molecule has 0 spiro atoms. The van der Waals surface area contributed by atoms with E-state index >= 15 is 0 Å². The largest absolute Gasteiger partial charge is 0.465 e. The summed E-state index contributed by atoms with van der Waals surface area (Å²) in [6.07, 6.45) is 7.38. The van der Waals surface area contributed by atoms with Gasteiger partial charge in [-0.1, -0.05) is 24.2 Å². The van der Waals surface area contributed by atoms with Crippen LogP contribution in [0.3, 0.4) is 0 Å². The number of thiazole rings is 1. The molecule has 0 N–H and O–H groups in total. The van der Waals surface area contributed by atoms with Gasteiger partial charge < -0.3 is 9.64 Å². The molecule has 5 heteroatoms. The van der Waals surface area contributed by atoms with Gasteiger partial charge >= 0.3 is 0 Å². The van der Waals surface area contributed by atoms with E-state index < -0.39 is 0 Å². The normalized spacial score (nSPS) is 24.7. The van der Waals surface area contributed by atoms with Crippen molar-refractivity contribution < 1.29 is 9.53 Å². The highest BCUT2D eigenvalue weighted by Crippen LogP contribution is 2.28. The zero-order valence-corrected chi connectivity index (χ0v) is 11.2. The van der Waals surface area contributed by atoms with Gasteiger partial charge in [0.1, 0.15) is 6.10 Å². The number of amides is 1. The van der Waals surface area contributed by atoms with E-state index in [2.05, 4.69) is 4.98 Å². The number of likely N-dealkylation sites (tertiary alicyclic amines) is 1. The van der Waals surface area contributed by atoms with Crippen molar-refractivity contribution in [1.29, 1.82) is 0 Å². The average Bonchev–Trinajstić information content (AvgIpc) is 3.11. The molecule has 0 aromatic carbocycles. The van der Waals surface area contributed by atoms with Gasteiger partial charge in [-0.15, -0.1) is 0 Å². The predicted octanol–water partition coefficient (Wildman–Crippen LogP) is 2.31. The Labute approximate surface area is 111 Å². The molecule has 2 fully saturated rings. The Morgan fingerprint density at radius 2 is 2.22 bits per heavy atom. The van der Waals surface area contributed by atoms with Crippen molar-refractivity contribution in [3.05, 3.63) is 11.6 Å². The molecule has 18 heavy (non-hydrogen) atoms. The Bertz CT molecular complexity index is 401. The van der Waals surface area contributed by atoms with Crippen LogP contribution in [0.4, 0.5) is 0 Å². The van der Waals surface area contributed by atoms with Crippen LogP contribution in [0.2, 0.25) is 0 Å². The standard InChI is InChI=1S/C13H18N2O2S/c16-12(10-3-1-2-4-10)15-7-5-11(9-15)17-13-14-6-8-18-13/h6,8,10-11H,1-5,7,9H2. The summed E-state index contributed by atoms with van der Waals surface area (Å²) in [5.74, 6) is 0.626. The molecule has 2 aliphatic rings. The highest BCUT2D eigenvalue weighted by molar-refractivity contribution is 7.11. The van der Waals surface area contributed by atoms with E-state index in [0.717, 1.165) is 37.5 Å². The fourth-order valence-electron chi connectivity index (χ4n) is 2.87. The summed E-state index contributed by atoms with van der Waals surface area (Å²) in [5.41, 5.74) is 0. The highest BCUT2D eigenvalue weighted by atomic mass is 32.1. The zero-order chi connectivity index (χ0) is 12.4. The number of hydrogen-bond donors (Lipinski definition) is 0. The lowest BCUT2D eigenvalue weighted by Crippen LogP contribution is -2.34. The number of ether oxygens (including phenoxy) is 1. The van der Waals surface area contributed by atoms with Crippen LogP contribution < -0.4 is 4.74 Å². The van der Waals surface area contributed by atoms with Crippen molar-refractivity contribution in [2.75, 3.05) is 13.1 Å². The summed E-state index contributed by atoms with van der Waals surface area (Å²) in [6, 6.07) is 0. The molecule has 1 aromatic heterocycles. The van der Waals surface area contributed by atoms with Crippen LogP contribution >= 0.6 is 11.3 Å². The summed E-state index contributed by atoms with van der Waals surface area (Å²) in [7, 11) is 0. The third-order valence-electron chi connectivity index (χ3n) is 3.84. The molecule has 1 saturated carbocycles. The molecule has 1 aliphatic heterocycles. The van der Waals surface area contributed by atoms with E-state index in [4.69, 9.17) is 4.74 Å². The molecule has 1 unspecified atom stereocenters. The van der Waals surface area contributed by atoms with Gasteiger partial charge in [-0.2, -0.15) is 0 Å². The summed E-state index contributed by atoms with van der Waals surface area (Å²) in [4.78, 5) is 18.4. The summed E-state index contributed by atoms with van der Waals surface area (Å²) in [6.45, 7) is 1.57. The molecule has 1 amide bonds. The Hall–Kier alpha value is -1.10. The molecular formula is C13H18N2O2S. The fraction of sp³-hybridized carbons (Fsp3) is 0.692. The number of carbonyl (C=O) groups excluding carboxylic acids is 1. The van der Waals surface area contributed by atoms with Crippen LogP contribution in [0, 0.1) is 5.92 Å². The third kappa shape index (κ3) is 2.51. The lowest BCUT2D eigenvalue weighted by atomic mass is 10.1. The molecule has 0 radical (unpaired) electrons. The molecule has 1 aromatic rings. The first-order valence-electron chi connectivity index (χ1n) is 6.68. The molecule has 0 bridgehead atoms. The van der Waals surface area contributed by atoms with Crippen LogP contribution in [0.5, 0.6) is 5.19 Å². The molecule has 1 atom stereocenters. The second kappa shape index (κ2) is 5.26. The Balaban J connectivity index is 1.53. The highest BCUT2D eigenvalue weighted by Gasteiger charge is 2.33. The van der Waals surface area contributed by atoms with Crippen molar-refractivity contribution in [2.45, 2.75) is 38.2 Å². The first-order valence-corrected chi connectivity index (χ1v) is 7.56. The predicted molar refractivity (Wildman–Crippen MR) is 69.7 cm³/mol. The van der Waals surface area contributed by atoms with Crippen LogP contribution in [0.25, 0.3) is 0 Å². The van der Waals surface area contributed by atoms with Gasteiger partial charge in [0.2, 0.25) is 5.91 Å². The van der Waals surface area contributed by atoms with Crippen LogP contribution in [-0.2, 0) is 4.79 Å². The maximum atomic E-state index is 12.3. The Morgan fingerprint density at radius 1 is 1.39 bits per heavy atom. The molecule has 2 heterocycles. The number of nitrogens with zero attached hydrogens (tertiary/aromatic N) is 2. The van der Waals surface area contributed by atoms with Crippen molar-refractivity contribution in [3.63, 3.8) is 0 Å². The lowest BCUT2D eigenvalue weighted by Gasteiger charge is -2.20. The van der Waals surface area contributed by atoms with Crippen LogP contribution in [0.1, 0.15) is 32.1 Å². The maximum absolute atomic E-state index is 12.3. The van der Waals surface area contributed by atoms with E-state index in [-0.39, 0.29) is 12.0 Å². The summed E-state index contributed by atoms with van der Waals surface area (Å²) >= 11 is 1.51. The Kier molecular flexibility index (Phi) is 3.50. The van der Waals surface area contributed by atoms with Gasteiger partial charge in [0.25, 0.3) is 5.19 Å². The third-order valence-corrected chi connectivity index (χ3v) is 4.50. The number of aromatic nitrogens is 1. The van der Waals surface area contributed by atoms with Crippen molar-refractivity contribution in [1.82, 2.24) is 9.88 Å². The van der Waals surface area contributed by atoms with E-state index in [9.17, 15) is 4.79 Å². The fourth-order valence-corrected chi connectivity index (χ4v) is 3.42. The van der Waals surface area contributed by atoms with Gasteiger partial charge in [-0.25, -0.2) is 4.98 Å². The molecule has 3 rings (SSSR count). The molecule has 1 aliphatic carbocycles. The second-order valence-electron chi connectivity index (χ2n) is 5.09. The minimum atomic E-state index is 0.126. The van der Waals surface area contributed by atoms with Crippen LogP contribution in [0.15, 0.2) is 11.6 Å². The van der Waals surface area contributed by atoms with E-state index in [0.29, 0.717) is 5.91 Å². The van der Waals surface area contributed by atoms with Gasteiger partial charge in [-0.05, 0) is 12.8 Å². The van der Waals surface area contributed by atoms with Gasteiger partial charge in [0.15, 0.2) is 0 Å². The van der Waals surface area contributed by atoms with Gasteiger partial charge in [-0.3, -0.25) is 4.79 Å². The zero-order valence-electron chi connectivity index (χ0n) is 10.4. The molecule has 4 nitrogen and oxygen atoms in total. The van der Waals surface area contributed by atoms with Crippen molar-refractivity contribution >= 4 is 17.2 Å². The number of rotatable bonds is 3. The first kappa shape index (κ1) is 12.0. The molecule has 1 saturated heterocycles. The van der Waals surface area contributed by atoms with Crippen molar-refractivity contribution in [3.8, 4) is 5.19 Å². The molecule has 98 valence electrons. The van der Waals surface area contributed by atoms with E-state index in [1.807, 2.05) is 10.3 Å². The van der Waals surface area contributed by atoms with Gasteiger partial charge in [0.05, 0.1) is 6.54 Å². The minimum absolute atomic E-state index is 0.126. The Morgan fingerprint density at radius 3 is 2.94 bits per heavy atom. The van der Waals surface area contributed by atoms with Crippen molar-refractivity contribution in [2.24, 2.45) is 5.92 Å². The number of hydrogen-bond acceptors (Lipinski definition) is 4. The summed E-state index contributed by atoms with van der Waals surface area (Å²) in [5, 5.41) is 2.63. The maximum Gasteiger partial charge on any atom is 0.273 e. The molecular weight excluding hydrogens is 248 g/mol. The monoisotopic (exact) mass is 266 g/mol. The topological polar surface area (TPSA) is 42.4 Å². The SMILES string of the molecule is O=C(C1CCCC1)N1CCC(Oc2nccs2)C1. The number of carbonyl (C=O) groups is 1.